The first-order valence-electron chi connectivity index (χ1n) is 6.98. The lowest BCUT2D eigenvalue weighted by molar-refractivity contribution is -0.128. The molecule has 0 unspecified atom stereocenters. The number of carbonyl (C=O) groups excluding carboxylic acids is 2. The van der Waals surface area contributed by atoms with Crippen LogP contribution >= 0.6 is 0 Å². The molecule has 0 saturated carbocycles. The molecule has 6 nitrogen and oxygen atoms in total. The molecule has 0 aromatic heterocycles. The van der Waals surface area contributed by atoms with Gasteiger partial charge in [-0.2, -0.15) is 0 Å². The first-order valence-corrected chi connectivity index (χ1v) is 6.98. The van der Waals surface area contributed by atoms with E-state index in [0.717, 1.165) is 12.0 Å². The molecule has 1 aromatic carbocycles. The Labute approximate surface area is 124 Å². The molecular formula is C15H23N3O3. The maximum Gasteiger partial charge on any atom is 0.240 e. The molecule has 0 spiro atoms. The highest BCUT2D eigenvalue weighted by Gasteiger charge is 2.24. The lowest BCUT2D eigenvalue weighted by Crippen LogP contribution is -2.53. The average Bonchev–Trinajstić information content (AvgIpc) is 2.46. The van der Waals surface area contributed by atoms with Crippen molar-refractivity contribution in [3.63, 3.8) is 0 Å². The number of primary amides is 1. The molecule has 21 heavy (non-hydrogen) atoms. The summed E-state index contributed by atoms with van der Waals surface area (Å²) in [6.07, 6.45) is 1.03. The fourth-order valence-electron chi connectivity index (χ4n) is 1.87. The van der Waals surface area contributed by atoms with Crippen LogP contribution in [0, 0.1) is 5.92 Å². The number of hydrogen-bond donors (Lipinski definition) is 4. The Morgan fingerprint density at radius 2 is 1.86 bits per heavy atom. The third-order valence-electron chi connectivity index (χ3n) is 3.60. The number of phenols is 1. The van der Waals surface area contributed by atoms with E-state index < -0.39 is 18.0 Å². The molecule has 0 saturated heterocycles. The minimum atomic E-state index is -0.822. The van der Waals surface area contributed by atoms with Crippen molar-refractivity contribution in [3.8, 4) is 5.75 Å². The zero-order valence-electron chi connectivity index (χ0n) is 12.4. The monoisotopic (exact) mass is 293 g/mol. The normalized spacial score (nSPS) is 15.0. The van der Waals surface area contributed by atoms with Gasteiger partial charge in [-0.25, -0.2) is 0 Å². The van der Waals surface area contributed by atoms with Crippen LogP contribution in [0.15, 0.2) is 24.3 Å². The van der Waals surface area contributed by atoms with Gasteiger partial charge in [-0.3, -0.25) is 9.59 Å². The fraction of sp³-hybridized carbons (Fsp3) is 0.467. The Bertz CT molecular complexity index is 487. The van der Waals surface area contributed by atoms with Crippen molar-refractivity contribution in [2.24, 2.45) is 17.4 Å². The zero-order valence-corrected chi connectivity index (χ0v) is 12.4. The van der Waals surface area contributed by atoms with Gasteiger partial charge < -0.3 is 21.9 Å². The summed E-state index contributed by atoms with van der Waals surface area (Å²) in [6.45, 7) is 3.82. The van der Waals surface area contributed by atoms with E-state index in [2.05, 4.69) is 5.32 Å². The van der Waals surface area contributed by atoms with Crippen LogP contribution in [-0.2, 0) is 16.0 Å². The van der Waals surface area contributed by atoms with E-state index in [1.165, 1.54) is 12.1 Å². The number of phenolic OH excluding ortho intramolecular Hbond substituents is 1. The number of amides is 2. The van der Waals surface area contributed by atoms with Crippen molar-refractivity contribution in [2.75, 3.05) is 0 Å². The molecule has 3 atom stereocenters. The minimum absolute atomic E-state index is 0.0206. The van der Waals surface area contributed by atoms with Crippen molar-refractivity contribution >= 4 is 11.8 Å². The second-order valence-electron chi connectivity index (χ2n) is 5.25. The number of carbonyl (C=O) groups is 2. The largest absolute Gasteiger partial charge is 0.508 e. The Morgan fingerprint density at radius 3 is 2.33 bits per heavy atom. The molecule has 116 valence electrons. The van der Waals surface area contributed by atoms with E-state index in [0.29, 0.717) is 0 Å². The predicted molar refractivity (Wildman–Crippen MR) is 80.4 cm³/mol. The van der Waals surface area contributed by atoms with Crippen molar-refractivity contribution in [2.45, 2.75) is 38.8 Å². The summed E-state index contributed by atoms with van der Waals surface area (Å²) in [5, 5.41) is 11.8. The predicted octanol–water partition coefficient (Wildman–Crippen LogP) is 0.278. The SMILES string of the molecule is CC[C@H](C)[C@@H](N)C(=O)N[C@H](Cc1ccc(O)cc1)C(N)=O. The topological polar surface area (TPSA) is 118 Å². The van der Waals surface area contributed by atoms with E-state index in [4.69, 9.17) is 11.5 Å². The fourth-order valence-corrected chi connectivity index (χ4v) is 1.87. The van der Waals surface area contributed by atoms with Gasteiger partial charge in [0.05, 0.1) is 6.04 Å². The Hall–Kier alpha value is -2.08. The van der Waals surface area contributed by atoms with Crippen LogP contribution in [0.1, 0.15) is 25.8 Å². The van der Waals surface area contributed by atoms with Crippen LogP contribution in [0.2, 0.25) is 0 Å². The maximum absolute atomic E-state index is 12.0. The highest BCUT2D eigenvalue weighted by atomic mass is 16.3. The van der Waals surface area contributed by atoms with Gasteiger partial charge in [0.1, 0.15) is 11.8 Å². The van der Waals surface area contributed by atoms with Crippen LogP contribution in [0.5, 0.6) is 5.75 Å². The molecule has 0 bridgehead atoms. The molecule has 0 aliphatic rings. The van der Waals surface area contributed by atoms with Crippen LogP contribution in [-0.4, -0.2) is 29.0 Å². The number of nitrogens with one attached hydrogen (secondary N) is 1. The molecule has 1 rings (SSSR count). The molecule has 0 heterocycles. The van der Waals surface area contributed by atoms with Gasteiger partial charge >= 0.3 is 0 Å². The Kier molecular flexibility index (Phi) is 6.17. The highest BCUT2D eigenvalue weighted by Crippen LogP contribution is 2.12. The second-order valence-corrected chi connectivity index (χ2v) is 5.25. The molecule has 0 fully saturated rings. The van der Waals surface area contributed by atoms with Crippen molar-refractivity contribution in [3.05, 3.63) is 29.8 Å². The summed E-state index contributed by atoms with van der Waals surface area (Å²) in [6, 6.07) is 4.88. The van der Waals surface area contributed by atoms with Crippen LogP contribution in [0.3, 0.4) is 0 Å². The quantitative estimate of drug-likeness (QED) is 0.577. The zero-order chi connectivity index (χ0) is 16.0. The molecule has 6 N–H and O–H groups in total. The number of benzene rings is 1. The average molecular weight is 293 g/mol. The summed E-state index contributed by atoms with van der Waals surface area (Å²) in [5.74, 6) is -0.843. The van der Waals surface area contributed by atoms with Crippen molar-refractivity contribution in [1.29, 1.82) is 0 Å². The van der Waals surface area contributed by atoms with Gasteiger partial charge in [0.25, 0.3) is 0 Å². The lowest BCUT2D eigenvalue weighted by Gasteiger charge is -2.21. The minimum Gasteiger partial charge on any atom is -0.508 e. The van der Waals surface area contributed by atoms with Crippen LogP contribution in [0.4, 0.5) is 0 Å². The van der Waals surface area contributed by atoms with Gasteiger partial charge in [-0.15, -0.1) is 0 Å². The second kappa shape index (κ2) is 7.64. The van der Waals surface area contributed by atoms with E-state index in [-0.39, 0.29) is 24.0 Å². The maximum atomic E-state index is 12.0. The molecule has 2 amide bonds. The van der Waals surface area contributed by atoms with Gasteiger partial charge in [0, 0.05) is 6.42 Å². The number of hydrogen-bond acceptors (Lipinski definition) is 4. The number of nitrogens with two attached hydrogens (primary N) is 2. The lowest BCUT2D eigenvalue weighted by atomic mass is 9.98. The summed E-state index contributed by atoms with van der Waals surface area (Å²) in [7, 11) is 0. The molecule has 6 heteroatoms. The molecule has 0 radical (unpaired) electrons. The summed E-state index contributed by atoms with van der Waals surface area (Å²) < 4.78 is 0. The highest BCUT2D eigenvalue weighted by molar-refractivity contribution is 5.89. The van der Waals surface area contributed by atoms with E-state index in [1.54, 1.807) is 12.1 Å². The van der Waals surface area contributed by atoms with Gasteiger partial charge in [0.15, 0.2) is 0 Å². The standard InChI is InChI=1S/C15H23N3O3/c1-3-9(2)13(16)15(21)18-12(14(17)20)8-10-4-6-11(19)7-5-10/h4-7,9,12-13,19H,3,8,16H2,1-2H3,(H2,17,20)(H,18,21)/t9-,12+,13+/m0/s1. The summed E-state index contributed by atoms with van der Waals surface area (Å²) in [5.41, 5.74) is 11.9. The van der Waals surface area contributed by atoms with E-state index in [1.807, 2.05) is 13.8 Å². The third kappa shape index (κ3) is 5.07. The number of aromatic hydroxyl groups is 1. The smallest absolute Gasteiger partial charge is 0.240 e. The van der Waals surface area contributed by atoms with E-state index in [9.17, 15) is 14.7 Å². The number of rotatable bonds is 7. The van der Waals surface area contributed by atoms with Gasteiger partial charge in [0.2, 0.25) is 11.8 Å². The summed E-state index contributed by atoms with van der Waals surface area (Å²) in [4.78, 5) is 23.5. The Balaban J connectivity index is 2.72. The van der Waals surface area contributed by atoms with Crippen LogP contribution < -0.4 is 16.8 Å². The summed E-state index contributed by atoms with van der Waals surface area (Å²) >= 11 is 0. The van der Waals surface area contributed by atoms with Crippen molar-refractivity contribution in [1.82, 2.24) is 5.32 Å². The van der Waals surface area contributed by atoms with Crippen molar-refractivity contribution < 1.29 is 14.7 Å². The molecule has 0 aliphatic carbocycles. The molecule has 0 aliphatic heterocycles. The first kappa shape index (κ1) is 17.0. The van der Waals surface area contributed by atoms with Gasteiger partial charge in [-0.1, -0.05) is 32.4 Å². The van der Waals surface area contributed by atoms with E-state index >= 15 is 0 Å². The van der Waals surface area contributed by atoms with Crippen LogP contribution in [0.25, 0.3) is 0 Å². The third-order valence-corrected chi connectivity index (χ3v) is 3.60. The van der Waals surface area contributed by atoms with Gasteiger partial charge in [-0.05, 0) is 23.6 Å². The molecular weight excluding hydrogens is 270 g/mol. The Morgan fingerprint density at radius 1 is 1.29 bits per heavy atom. The molecule has 1 aromatic rings. The first-order chi connectivity index (χ1) is 9.85.